The Hall–Kier alpha value is -3.41. The number of Topliss-reactive ketones (excluding diaryl/α,β-unsaturated/α-hetero) is 1. The highest BCUT2D eigenvalue weighted by Crippen LogP contribution is 2.17. The number of benzene rings is 2. The second-order valence-electron chi connectivity index (χ2n) is 5.95. The van der Waals surface area contributed by atoms with Gasteiger partial charge in [-0.3, -0.25) is 14.4 Å². The average Bonchev–Trinajstić information content (AvgIpc) is 3.05. The molecule has 1 aromatic heterocycles. The number of para-hydroxylation sites is 1. The van der Waals surface area contributed by atoms with Gasteiger partial charge in [-0.2, -0.15) is 0 Å². The minimum absolute atomic E-state index is 0.0575. The number of H-pyrrole nitrogens is 1. The summed E-state index contributed by atoms with van der Waals surface area (Å²) in [6.45, 7) is 1.83. The molecule has 0 unspecified atom stereocenters. The van der Waals surface area contributed by atoms with E-state index in [-0.39, 0.29) is 5.78 Å². The van der Waals surface area contributed by atoms with Crippen LogP contribution in [0.15, 0.2) is 54.7 Å². The lowest BCUT2D eigenvalue weighted by atomic mass is 10.1. The quantitative estimate of drug-likeness (QED) is 0.488. The van der Waals surface area contributed by atoms with Crippen molar-refractivity contribution in [2.45, 2.75) is 13.3 Å². The van der Waals surface area contributed by atoms with Gasteiger partial charge in [0.05, 0.1) is 0 Å². The average molecular weight is 349 g/mol. The fourth-order valence-electron chi connectivity index (χ4n) is 2.71. The first-order valence-electron chi connectivity index (χ1n) is 8.30. The SMILES string of the molecule is CC(=O)c1ccc(NC(=O)C(=O)NCCc2c[nH]c3ccccc23)cc1. The molecule has 132 valence electrons. The van der Waals surface area contributed by atoms with Crippen molar-refractivity contribution in [3.8, 4) is 0 Å². The standard InChI is InChI=1S/C20H19N3O3/c1-13(24)14-6-8-16(9-7-14)23-20(26)19(25)21-11-10-15-12-22-18-5-3-2-4-17(15)18/h2-9,12,22H,10-11H2,1H3,(H,21,25)(H,23,26). The van der Waals surface area contributed by atoms with Crippen LogP contribution in [-0.2, 0) is 16.0 Å². The molecule has 0 aliphatic rings. The lowest BCUT2D eigenvalue weighted by Gasteiger charge is -2.07. The van der Waals surface area contributed by atoms with Crippen LogP contribution in [0.3, 0.4) is 0 Å². The van der Waals surface area contributed by atoms with Gasteiger partial charge >= 0.3 is 11.8 Å². The largest absolute Gasteiger partial charge is 0.361 e. The second-order valence-corrected chi connectivity index (χ2v) is 5.95. The molecule has 2 amide bonds. The number of hydrogen-bond donors (Lipinski definition) is 3. The minimum Gasteiger partial charge on any atom is -0.361 e. The summed E-state index contributed by atoms with van der Waals surface area (Å²) in [5, 5.41) is 6.24. The predicted octanol–water partition coefficient (Wildman–Crippen LogP) is 2.67. The van der Waals surface area contributed by atoms with Crippen molar-refractivity contribution in [2.75, 3.05) is 11.9 Å². The van der Waals surface area contributed by atoms with Crippen LogP contribution in [-0.4, -0.2) is 29.1 Å². The highest BCUT2D eigenvalue weighted by atomic mass is 16.2. The van der Waals surface area contributed by atoms with Gasteiger partial charge in [0.15, 0.2) is 5.78 Å². The number of aromatic amines is 1. The zero-order chi connectivity index (χ0) is 18.5. The molecular weight excluding hydrogens is 330 g/mol. The molecule has 0 atom stereocenters. The number of amides is 2. The van der Waals surface area contributed by atoms with Crippen molar-refractivity contribution in [3.05, 3.63) is 65.9 Å². The van der Waals surface area contributed by atoms with Crippen LogP contribution in [0.4, 0.5) is 5.69 Å². The first-order chi connectivity index (χ1) is 12.5. The molecule has 6 heteroatoms. The second kappa shape index (κ2) is 7.65. The Morgan fingerprint density at radius 3 is 2.42 bits per heavy atom. The number of carbonyl (C=O) groups is 3. The smallest absolute Gasteiger partial charge is 0.313 e. The molecule has 0 fully saturated rings. The molecule has 0 saturated carbocycles. The van der Waals surface area contributed by atoms with Crippen LogP contribution < -0.4 is 10.6 Å². The summed E-state index contributed by atoms with van der Waals surface area (Å²) in [6, 6.07) is 14.3. The van der Waals surface area contributed by atoms with Crippen LogP contribution in [0.5, 0.6) is 0 Å². The van der Waals surface area contributed by atoms with Gasteiger partial charge in [-0.25, -0.2) is 0 Å². The van der Waals surface area contributed by atoms with Gasteiger partial charge in [-0.05, 0) is 49.2 Å². The van der Waals surface area contributed by atoms with Crippen LogP contribution in [0.1, 0.15) is 22.8 Å². The monoisotopic (exact) mass is 349 g/mol. The third-order valence-electron chi connectivity index (χ3n) is 4.11. The molecule has 0 spiro atoms. The van der Waals surface area contributed by atoms with Crippen molar-refractivity contribution < 1.29 is 14.4 Å². The lowest BCUT2D eigenvalue weighted by Crippen LogP contribution is -2.36. The van der Waals surface area contributed by atoms with Gasteiger partial charge in [0.1, 0.15) is 0 Å². The van der Waals surface area contributed by atoms with E-state index < -0.39 is 11.8 Å². The molecule has 0 aliphatic carbocycles. The maximum atomic E-state index is 11.9. The van der Waals surface area contributed by atoms with E-state index in [2.05, 4.69) is 15.6 Å². The number of anilines is 1. The van der Waals surface area contributed by atoms with E-state index in [0.717, 1.165) is 16.5 Å². The third-order valence-corrected chi connectivity index (χ3v) is 4.11. The van der Waals surface area contributed by atoms with Gasteiger partial charge in [0, 0.05) is 34.9 Å². The summed E-state index contributed by atoms with van der Waals surface area (Å²) in [6.07, 6.45) is 2.53. The molecule has 3 aromatic rings. The molecule has 0 saturated heterocycles. The number of hydrogen-bond acceptors (Lipinski definition) is 3. The van der Waals surface area contributed by atoms with E-state index in [4.69, 9.17) is 0 Å². The zero-order valence-electron chi connectivity index (χ0n) is 14.3. The Morgan fingerprint density at radius 2 is 1.69 bits per heavy atom. The fourth-order valence-corrected chi connectivity index (χ4v) is 2.71. The van der Waals surface area contributed by atoms with Gasteiger partial charge in [0.2, 0.25) is 0 Å². The van der Waals surface area contributed by atoms with Gasteiger partial charge in [-0.15, -0.1) is 0 Å². The number of nitrogens with one attached hydrogen (secondary N) is 3. The number of rotatable bonds is 5. The van der Waals surface area contributed by atoms with E-state index in [9.17, 15) is 14.4 Å². The first kappa shape index (κ1) is 17.4. The van der Waals surface area contributed by atoms with Crippen molar-refractivity contribution >= 4 is 34.2 Å². The molecule has 2 aromatic carbocycles. The molecular formula is C20H19N3O3. The maximum Gasteiger partial charge on any atom is 0.313 e. The van der Waals surface area contributed by atoms with E-state index in [0.29, 0.717) is 24.2 Å². The molecule has 6 nitrogen and oxygen atoms in total. The van der Waals surface area contributed by atoms with Gasteiger partial charge in [-0.1, -0.05) is 18.2 Å². The Morgan fingerprint density at radius 1 is 0.962 bits per heavy atom. The van der Waals surface area contributed by atoms with E-state index in [1.807, 2.05) is 30.5 Å². The van der Waals surface area contributed by atoms with Crippen molar-refractivity contribution in [3.63, 3.8) is 0 Å². The summed E-state index contributed by atoms with van der Waals surface area (Å²) in [5.41, 5.74) is 3.14. The van der Waals surface area contributed by atoms with Crippen molar-refractivity contribution in [2.24, 2.45) is 0 Å². The Labute approximate surface area is 150 Å². The Bertz CT molecular complexity index is 958. The van der Waals surface area contributed by atoms with Crippen LogP contribution in [0.25, 0.3) is 10.9 Å². The highest BCUT2D eigenvalue weighted by molar-refractivity contribution is 6.39. The summed E-state index contributed by atoms with van der Waals surface area (Å²) >= 11 is 0. The van der Waals surface area contributed by atoms with Crippen LogP contribution >= 0.6 is 0 Å². The highest BCUT2D eigenvalue weighted by Gasteiger charge is 2.13. The number of aromatic nitrogens is 1. The Balaban J connectivity index is 1.51. The summed E-state index contributed by atoms with van der Waals surface area (Å²) < 4.78 is 0. The predicted molar refractivity (Wildman–Crippen MR) is 100 cm³/mol. The van der Waals surface area contributed by atoms with Crippen LogP contribution in [0, 0.1) is 0 Å². The summed E-state index contributed by atoms with van der Waals surface area (Å²) in [5.74, 6) is -1.49. The normalized spacial score (nSPS) is 10.5. The lowest BCUT2D eigenvalue weighted by molar-refractivity contribution is -0.136. The molecule has 0 bridgehead atoms. The minimum atomic E-state index is -0.737. The molecule has 26 heavy (non-hydrogen) atoms. The maximum absolute atomic E-state index is 11.9. The van der Waals surface area contributed by atoms with E-state index in [1.165, 1.54) is 6.92 Å². The zero-order valence-corrected chi connectivity index (χ0v) is 14.3. The van der Waals surface area contributed by atoms with Crippen molar-refractivity contribution in [1.82, 2.24) is 10.3 Å². The molecule has 1 heterocycles. The van der Waals surface area contributed by atoms with E-state index >= 15 is 0 Å². The number of ketones is 1. The topological polar surface area (TPSA) is 91.1 Å². The Kier molecular flexibility index (Phi) is 5.12. The first-order valence-corrected chi connectivity index (χ1v) is 8.30. The molecule has 3 rings (SSSR count). The summed E-state index contributed by atoms with van der Waals surface area (Å²) in [7, 11) is 0. The number of carbonyl (C=O) groups excluding carboxylic acids is 3. The van der Waals surface area contributed by atoms with Crippen LogP contribution in [0.2, 0.25) is 0 Å². The molecule has 3 N–H and O–H groups in total. The summed E-state index contributed by atoms with van der Waals surface area (Å²) in [4.78, 5) is 38.3. The van der Waals surface area contributed by atoms with E-state index in [1.54, 1.807) is 24.3 Å². The molecule has 0 radical (unpaired) electrons. The van der Waals surface area contributed by atoms with Crippen molar-refractivity contribution in [1.29, 1.82) is 0 Å². The van der Waals surface area contributed by atoms with Gasteiger partial charge < -0.3 is 15.6 Å². The van der Waals surface area contributed by atoms with Gasteiger partial charge in [0.25, 0.3) is 0 Å². The fraction of sp³-hybridized carbons (Fsp3) is 0.150. The molecule has 0 aliphatic heterocycles. The third kappa shape index (κ3) is 3.97. The number of fused-ring (bicyclic) bond motifs is 1.